The summed E-state index contributed by atoms with van der Waals surface area (Å²) in [5.74, 6) is 0.176. The first kappa shape index (κ1) is 18.1. The Hall–Kier alpha value is -0.900. The third-order valence-corrected chi connectivity index (χ3v) is 3.42. The van der Waals surface area contributed by atoms with Crippen LogP contribution in [0.3, 0.4) is 0 Å². The Morgan fingerprint density at radius 1 is 0.905 bits per heavy atom. The summed E-state index contributed by atoms with van der Waals surface area (Å²) >= 11 is 0. The molecular weight excluding hydrogens is 264 g/mol. The number of ether oxygens (including phenoxy) is 3. The van der Waals surface area contributed by atoms with Crippen LogP contribution < -0.4 is 0 Å². The van der Waals surface area contributed by atoms with E-state index < -0.39 is 0 Å². The maximum Gasteiger partial charge on any atom is 0.163 e. The summed E-state index contributed by atoms with van der Waals surface area (Å²) in [5.41, 5.74) is 1.18. The zero-order chi connectivity index (χ0) is 15.7. The molecule has 0 saturated heterocycles. The number of benzene rings is 1. The molecule has 0 heterocycles. The summed E-state index contributed by atoms with van der Waals surface area (Å²) in [6.45, 7) is 11.6. The Bertz CT molecular complexity index is 358. The summed E-state index contributed by atoms with van der Waals surface area (Å²) in [7, 11) is 0. The van der Waals surface area contributed by atoms with Crippen LogP contribution in [0.5, 0.6) is 0 Å². The number of hydrogen-bond acceptors (Lipinski definition) is 3. The van der Waals surface area contributed by atoms with E-state index >= 15 is 0 Å². The van der Waals surface area contributed by atoms with Gasteiger partial charge in [-0.3, -0.25) is 0 Å². The Labute approximate surface area is 129 Å². The van der Waals surface area contributed by atoms with E-state index in [0.29, 0.717) is 13.2 Å². The fraction of sp³-hybridized carbons (Fsp3) is 0.667. The van der Waals surface area contributed by atoms with Crippen molar-refractivity contribution in [3.63, 3.8) is 0 Å². The van der Waals surface area contributed by atoms with Gasteiger partial charge in [0.2, 0.25) is 0 Å². The molecule has 2 unspecified atom stereocenters. The van der Waals surface area contributed by atoms with Crippen molar-refractivity contribution >= 4 is 0 Å². The van der Waals surface area contributed by atoms with Gasteiger partial charge in [0.1, 0.15) is 0 Å². The first-order chi connectivity index (χ1) is 10.1. The van der Waals surface area contributed by atoms with Crippen LogP contribution in [0.25, 0.3) is 0 Å². The van der Waals surface area contributed by atoms with Crippen molar-refractivity contribution in [2.45, 2.75) is 59.5 Å². The van der Waals surface area contributed by atoms with Crippen molar-refractivity contribution in [3.05, 3.63) is 35.9 Å². The second-order valence-corrected chi connectivity index (χ2v) is 5.37. The highest BCUT2D eigenvalue weighted by Gasteiger charge is 2.31. The SMILES string of the molecule is CCOC(OCC)C(CC)C(OC(C)C)c1ccccc1. The van der Waals surface area contributed by atoms with E-state index in [1.54, 1.807) is 0 Å². The van der Waals surface area contributed by atoms with Gasteiger partial charge in [0.05, 0.1) is 12.2 Å². The molecular formula is C18H30O3. The molecule has 0 amide bonds. The Morgan fingerprint density at radius 2 is 1.48 bits per heavy atom. The molecule has 0 aliphatic rings. The lowest BCUT2D eigenvalue weighted by atomic mass is 9.92. The normalized spacial score (nSPS) is 14.6. The Kier molecular flexibility index (Phi) is 8.58. The molecule has 1 rings (SSSR count). The minimum Gasteiger partial charge on any atom is -0.370 e. The molecule has 0 bridgehead atoms. The van der Waals surface area contributed by atoms with Crippen LogP contribution in [0.2, 0.25) is 0 Å². The van der Waals surface area contributed by atoms with Gasteiger partial charge in [-0.15, -0.1) is 0 Å². The van der Waals surface area contributed by atoms with Gasteiger partial charge in [-0.05, 0) is 39.7 Å². The molecule has 0 radical (unpaired) electrons. The van der Waals surface area contributed by atoms with Crippen molar-refractivity contribution in [2.75, 3.05) is 13.2 Å². The van der Waals surface area contributed by atoms with Gasteiger partial charge in [0.25, 0.3) is 0 Å². The molecule has 0 aliphatic heterocycles. The molecule has 120 valence electrons. The molecule has 1 aromatic carbocycles. The van der Waals surface area contributed by atoms with Crippen LogP contribution in [-0.4, -0.2) is 25.6 Å². The fourth-order valence-electron chi connectivity index (χ4n) is 2.54. The predicted molar refractivity (Wildman–Crippen MR) is 86.2 cm³/mol. The van der Waals surface area contributed by atoms with E-state index in [-0.39, 0.29) is 24.4 Å². The highest BCUT2D eigenvalue weighted by molar-refractivity contribution is 5.18. The third kappa shape index (κ3) is 5.77. The lowest BCUT2D eigenvalue weighted by Gasteiger charge is -2.34. The lowest BCUT2D eigenvalue weighted by Crippen LogP contribution is -2.33. The van der Waals surface area contributed by atoms with Gasteiger partial charge in [-0.2, -0.15) is 0 Å². The standard InChI is InChI=1S/C18H30O3/c1-6-16(18(19-7-2)20-8-3)17(21-14(4)5)15-12-10-9-11-13-15/h9-14,16-18H,6-8H2,1-5H3. The van der Waals surface area contributed by atoms with E-state index in [1.165, 1.54) is 5.56 Å². The Morgan fingerprint density at radius 3 is 1.90 bits per heavy atom. The monoisotopic (exact) mass is 294 g/mol. The van der Waals surface area contributed by atoms with Crippen LogP contribution in [0.1, 0.15) is 52.7 Å². The molecule has 0 saturated carbocycles. The molecule has 1 aromatic rings. The number of rotatable bonds is 10. The van der Waals surface area contributed by atoms with Crippen molar-refractivity contribution in [2.24, 2.45) is 5.92 Å². The smallest absolute Gasteiger partial charge is 0.163 e. The molecule has 0 spiro atoms. The zero-order valence-corrected chi connectivity index (χ0v) is 14.0. The topological polar surface area (TPSA) is 27.7 Å². The molecule has 3 nitrogen and oxygen atoms in total. The second kappa shape index (κ2) is 9.93. The van der Waals surface area contributed by atoms with Crippen LogP contribution in [0.4, 0.5) is 0 Å². The maximum atomic E-state index is 6.20. The summed E-state index contributed by atoms with van der Waals surface area (Å²) in [6.07, 6.45) is 0.859. The molecule has 3 heteroatoms. The predicted octanol–water partition coefficient (Wildman–Crippen LogP) is 4.58. The summed E-state index contributed by atoms with van der Waals surface area (Å²) < 4.78 is 17.8. The summed E-state index contributed by atoms with van der Waals surface area (Å²) in [4.78, 5) is 0. The molecule has 0 aliphatic carbocycles. The minimum atomic E-state index is -0.228. The van der Waals surface area contributed by atoms with Gasteiger partial charge >= 0.3 is 0 Å². The number of hydrogen-bond donors (Lipinski definition) is 0. The van der Waals surface area contributed by atoms with Crippen molar-refractivity contribution in [3.8, 4) is 0 Å². The maximum absolute atomic E-state index is 6.20. The summed E-state index contributed by atoms with van der Waals surface area (Å²) in [5, 5.41) is 0. The first-order valence-electron chi connectivity index (χ1n) is 8.07. The molecule has 0 fully saturated rings. The first-order valence-corrected chi connectivity index (χ1v) is 8.07. The molecule has 0 aromatic heterocycles. The minimum absolute atomic E-state index is 0.0145. The van der Waals surface area contributed by atoms with E-state index in [4.69, 9.17) is 14.2 Å². The quantitative estimate of drug-likeness (QED) is 0.591. The van der Waals surface area contributed by atoms with Crippen LogP contribution in [-0.2, 0) is 14.2 Å². The summed E-state index contributed by atoms with van der Waals surface area (Å²) in [6, 6.07) is 10.4. The van der Waals surface area contributed by atoms with Crippen molar-refractivity contribution in [1.29, 1.82) is 0 Å². The van der Waals surface area contributed by atoms with Crippen molar-refractivity contribution in [1.82, 2.24) is 0 Å². The second-order valence-electron chi connectivity index (χ2n) is 5.37. The van der Waals surface area contributed by atoms with E-state index in [2.05, 4.69) is 45.0 Å². The van der Waals surface area contributed by atoms with Gasteiger partial charge in [-0.1, -0.05) is 37.3 Å². The average Bonchev–Trinajstić information content (AvgIpc) is 2.48. The largest absolute Gasteiger partial charge is 0.370 e. The lowest BCUT2D eigenvalue weighted by molar-refractivity contribution is -0.199. The van der Waals surface area contributed by atoms with Crippen LogP contribution >= 0.6 is 0 Å². The van der Waals surface area contributed by atoms with E-state index in [0.717, 1.165) is 6.42 Å². The van der Waals surface area contributed by atoms with Gasteiger partial charge in [0.15, 0.2) is 6.29 Å². The zero-order valence-electron chi connectivity index (χ0n) is 14.0. The van der Waals surface area contributed by atoms with Crippen LogP contribution in [0, 0.1) is 5.92 Å². The van der Waals surface area contributed by atoms with E-state index in [9.17, 15) is 0 Å². The van der Waals surface area contributed by atoms with Crippen molar-refractivity contribution < 1.29 is 14.2 Å². The molecule has 21 heavy (non-hydrogen) atoms. The van der Waals surface area contributed by atoms with Crippen LogP contribution in [0.15, 0.2) is 30.3 Å². The Balaban J connectivity index is 3.01. The molecule has 0 N–H and O–H groups in total. The molecule has 2 atom stereocenters. The highest BCUT2D eigenvalue weighted by atomic mass is 16.7. The van der Waals surface area contributed by atoms with Gasteiger partial charge in [-0.25, -0.2) is 0 Å². The van der Waals surface area contributed by atoms with E-state index in [1.807, 2.05) is 19.9 Å². The fourth-order valence-corrected chi connectivity index (χ4v) is 2.54. The van der Waals surface area contributed by atoms with Gasteiger partial charge in [0, 0.05) is 19.1 Å². The highest BCUT2D eigenvalue weighted by Crippen LogP contribution is 2.33. The third-order valence-electron chi connectivity index (χ3n) is 3.42. The van der Waals surface area contributed by atoms with Gasteiger partial charge < -0.3 is 14.2 Å². The average molecular weight is 294 g/mol.